The Labute approximate surface area is 227 Å². The number of piperidine rings is 2. The van der Waals surface area contributed by atoms with E-state index in [0.29, 0.717) is 66.6 Å². The van der Waals surface area contributed by atoms with Crippen molar-refractivity contribution in [3.05, 3.63) is 69.2 Å². The molecule has 2 heterocycles. The number of nitrogens with zero attached hydrogens (tertiary/aromatic N) is 4. The minimum absolute atomic E-state index is 0.0429. The molecule has 0 unspecified atom stereocenters. The number of hydrogen-bond donors (Lipinski definition) is 0. The lowest BCUT2D eigenvalue weighted by Crippen LogP contribution is -2.53. The van der Waals surface area contributed by atoms with Crippen molar-refractivity contribution in [2.45, 2.75) is 38.1 Å². The largest absolute Gasteiger partial charge is 0.343 e. The van der Waals surface area contributed by atoms with Gasteiger partial charge in [0.1, 0.15) is 0 Å². The highest BCUT2D eigenvalue weighted by Crippen LogP contribution is 2.35. The van der Waals surface area contributed by atoms with Crippen LogP contribution in [0.5, 0.6) is 0 Å². The maximum absolute atomic E-state index is 13.5. The number of rotatable bonds is 4. The van der Waals surface area contributed by atoms with Crippen molar-refractivity contribution in [2.24, 2.45) is 5.92 Å². The molecular weight excluding hydrogens is 511 g/mol. The Hall–Kier alpha value is -3.08. The average molecular weight is 541 g/mol. The molecule has 194 valence electrons. The van der Waals surface area contributed by atoms with Gasteiger partial charge in [0, 0.05) is 63.6 Å². The van der Waals surface area contributed by atoms with Crippen molar-refractivity contribution in [3.63, 3.8) is 0 Å². The number of halogens is 2. The minimum atomic E-state index is -0.163. The molecule has 7 nitrogen and oxygen atoms in total. The molecule has 0 aliphatic carbocycles. The lowest BCUT2D eigenvalue weighted by Gasteiger charge is -2.44. The topological polar surface area (TPSA) is 84.7 Å². The van der Waals surface area contributed by atoms with E-state index in [9.17, 15) is 14.4 Å². The summed E-state index contributed by atoms with van der Waals surface area (Å²) < 4.78 is 0. The van der Waals surface area contributed by atoms with E-state index < -0.39 is 0 Å². The van der Waals surface area contributed by atoms with Gasteiger partial charge in [-0.2, -0.15) is 5.26 Å². The zero-order chi connectivity index (χ0) is 26.7. The molecule has 0 saturated carbocycles. The number of likely N-dealkylation sites (N-methyl/N-ethyl adjacent to an activating group) is 1. The highest BCUT2D eigenvalue weighted by Gasteiger charge is 2.39. The molecule has 0 bridgehead atoms. The molecular formula is C28H30Cl2N4O3. The first-order valence-electron chi connectivity index (χ1n) is 12.5. The van der Waals surface area contributed by atoms with Gasteiger partial charge >= 0.3 is 0 Å². The van der Waals surface area contributed by atoms with Gasteiger partial charge in [-0.15, -0.1) is 0 Å². The van der Waals surface area contributed by atoms with Gasteiger partial charge in [-0.1, -0.05) is 29.3 Å². The average Bonchev–Trinajstić information content (AvgIpc) is 2.93. The van der Waals surface area contributed by atoms with Crippen molar-refractivity contribution in [1.82, 2.24) is 14.7 Å². The fourth-order valence-electron chi connectivity index (χ4n) is 5.42. The zero-order valence-corrected chi connectivity index (χ0v) is 22.5. The molecule has 9 heteroatoms. The smallest absolute Gasteiger partial charge is 0.253 e. The normalized spacial score (nSPS) is 20.3. The van der Waals surface area contributed by atoms with E-state index in [1.165, 1.54) is 0 Å². The van der Waals surface area contributed by atoms with Crippen LogP contribution in [0.3, 0.4) is 0 Å². The number of nitriles is 1. The van der Waals surface area contributed by atoms with Crippen molar-refractivity contribution >= 4 is 40.9 Å². The number of carbonyl (C=O) groups is 3. The highest BCUT2D eigenvalue weighted by molar-refractivity contribution is 6.42. The maximum Gasteiger partial charge on any atom is 0.253 e. The first-order chi connectivity index (χ1) is 17.7. The number of hydrogen-bond acceptors (Lipinski definition) is 4. The van der Waals surface area contributed by atoms with Gasteiger partial charge in [0.15, 0.2) is 0 Å². The molecule has 0 spiro atoms. The first-order valence-corrected chi connectivity index (χ1v) is 13.2. The molecule has 2 aromatic rings. The van der Waals surface area contributed by atoms with Crippen LogP contribution in [-0.2, 0) is 9.59 Å². The van der Waals surface area contributed by atoms with E-state index in [2.05, 4.69) is 6.07 Å². The Morgan fingerprint density at radius 1 is 0.946 bits per heavy atom. The second-order valence-corrected chi connectivity index (χ2v) is 10.6. The molecule has 0 radical (unpaired) electrons. The van der Waals surface area contributed by atoms with Crippen LogP contribution in [0, 0.1) is 17.2 Å². The molecule has 2 saturated heterocycles. The monoisotopic (exact) mass is 540 g/mol. The van der Waals surface area contributed by atoms with E-state index in [-0.39, 0.29) is 35.6 Å². The first kappa shape index (κ1) is 27.0. The van der Waals surface area contributed by atoms with Gasteiger partial charge in [-0.3, -0.25) is 14.4 Å². The predicted octanol–water partition coefficient (Wildman–Crippen LogP) is 4.58. The zero-order valence-electron chi connectivity index (χ0n) is 21.0. The number of carbonyl (C=O) groups excluding carboxylic acids is 3. The molecule has 37 heavy (non-hydrogen) atoms. The second kappa shape index (κ2) is 11.5. The molecule has 2 atom stereocenters. The Morgan fingerprint density at radius 3 is 2.19 bits per heavy atom. The van der Waals surface area contributed by atoms with Crippen molar-refractivity contribution < 1.29 is 14.4 Å². The Kier molecular flexibility index (Phi) is 8.41. The summed E-state index contributed by atoms with van der Waals surface area (Å²) in [4.78, 5) is 44.0. The number of likely N-dealkylation sites (tertiary alicyclic amines) is 2. The van der Waals surface area contributed by atoms with Crippen LogP contribution in [0.15, 0.2) is 42.5 Å². The molecule has 0 N–H and O–H groups in total. The second-order valence-electron chi connectivity index (χ2n) is 9.81. The third-order valence-electron chi connectivity index (χ3n) is 7.63. The molecule has 4 rings (SSSR count). The molecule has 2 fully saturated rings. The summed E-state index contributed by atoms with van der Waals surface area (Å²) in [7, 11) is 1.78. The van der Waals surface area contributed by atoms with Crippen LogP contribution in [0.1, 0.15) is 53.6 Å². The summed E-state index contributed by atoms with van der Waals surface area (Å²) in [5.41, 5.74) is 1.92. The van der Waals surface area contributed by atoms with Crippen LogP contribution in [-0.4, -0.2) is 71.7 Å². The van der Waals surface area contributed by atoms with Crippen LogP contribution < -0.4 is 0 Å². The van der Waals surface area contributed by atoms with Gasteiger partial charge in [0.05, 0.1) is 21.7 Å². The van der Waals surface area contributed by atoms with Gasteiger partial charge < -0.3 is 14.7 Å². The Bertz CT molecular complexity index is 1220. The summed E-state index contributed by atoms with van der Waals surface area (Å²) >= 11 is 12.5. The lowest BCUT2D eigenvalue weighted by atomic mass is 9.83. The van der Waals surface area contributed by atoms with Crippen LogP contribution in [0.2, 0.25) is 10.0 Å². The van der Waals surface area contributed by atoms with Gasteiger partial charge in [0.2, 0.25) is 11.8 Å². The van der Waals surface area contributed by atoms with Crippen molar-refractivity contribution in [3.8, 4) is 6.07 Å². The third kappa shape index (κ3) is 5.92. The number of amides is 3. The summed E-state index contributed by atoms with van der Waals surface area (Å²) in [5, 5.41) is 9.95. The summed E-state index contributed by atoms with van der Waals surface area (Å²) in [6.07, 6.45) is 1.93. The van der Waals surface area contributed by atoms with Crippen LogP contribution >= 0.6 is 23.2 Å². The minimum Gasteiger partial charge on any atom is -0.343 e. The SMILES string of the molecule is CC(=O)N1CCC(C(=O)N2CC[C@@H](N(C)C(=O)c3ccc(C#N)cc3)[C@H](c3ccc(Cl)c(Cl)c3)C2)CC1. The van der Waals surface area contributed by atoms with Crippen LogP contribution in [0.25, 0.3) is 0 Å². The molecule has 2 aliphatic heterocycles. The molecule has 2 aromatic carbocycles. The molecule has 3 amide bonds. The lowest BCUT2D eigenvalue weighted by molar-refractivity contribution is -0.141. The highest BCUT2D eigenvalue weighted by atomic mass is 35.5. The fourth-order valence-corrected chi connectivity index (χ4v) is 5.72. The number of benzene rings is 2. The summed E-state index contributed by atoms with van der Waals surface area (Å²) in [5.74, 6) is -0.262. The third-order valence-corrected chi connectivity index (χ3v) is 8.37. The maximum atomic E-state index is 13.5. The van der Waals surface area contributed by atoms with E-state index in [0.717, 1.165) is 5.56 Å². The summed E-state index contributed by atoms with van der Waals surface area (Å²) in [6, 6.07) is 14.0. The van der Waals surface area contributed by atoms with E-state index in [4.69, 9.17) is 28.5 Å². The predicted molar refractivity (Wildman–Crippen MR) is 142 cm³/mol. The van der Waals surface area contributed by atoms with Crippen LogP contribution in [0.4, 0.5) is 0 Å². The van der Waals surface area contributed by atoms with Crippen molar-refractivity contribution in [1.29, 1.82) is 5.26 Å². The van der Waals surface area contributed by atoms with E-state index >= 15 is 0 Å². The Morgan fingerprint density at radius 2 is 1.59 bits per heavy atom. The van der Waals surface area contributed by atoms with Gasteiger partial charge in [-0.25, -0.2) is 0 Å². The van der Waals surface area contributed by atoms with Gasteiger partial charge in [-0.05, 0) is 61.2 Å². The van der Waals surface area contributed by atoms with Crippen molar-refractivity contribution in [2.75, 3.05) is 33.2 Å². The quantitative estimate of drug-likeness (QED) is 0.568. The Balaban J connectivity index is 1.55. The molecule has 2 aliphatic rings. The van der Waals surface area contributed by atoms with E-state index in [1.807, 2.05) is 17.0 Å². The summed E-state index contributed by atoms with van der Waals surface area (Å²) in [6.45, 7) is 3.75. The standard InChI is InChI=1S/C28H30Cl2N4O3/c1-18(35)33-12-9-21(10-13-33)28(37)34-14-11-26(23(17-34)22-7-8-24(29)25(30)15-22)32(2)27(36)20-5-3-19(16-31)4-6-20/h3-8,15,21,23,26H,9-14,17H2,1-2H3/t23-,26+/m0/s1. The fraction of sp³-hybridized carbons (Fsp3) is 0.429. The molecule has 0 aromatic heterocycles. The van der Waals surface area contributed by atoms with E-state index in [1.54, 1.807) is 54.1 Å². The van der Waals surface area contributed by atoms with Gasteiger partial charge in [0.25, 0.3) is 5.91 Å².